The zero-order chi connectivity index (χ0) is 9.84. The molecule has 76 valence electrons. The zero-order valence-corrected chi connectivity index (χ0v) is 8.75. The second kappa shape index (κ2) is 4.61. The van der Waals surface area contributed by atoms with Gasteiger partial charge in [-0.15, -0.1) is 0 Å². The van der Waals surface area contributed by atoms with E-state index >= 15 is 0 Å². The first-order valence-corrected chi connectivity index (χ1v) is 5.08. The van der Waals surface area contributed by atoms with Gasteiger partial charge in [0.1, 0.15) is 0 Å². The molecule has 13 heavy (non-hydrogen) atoms. The molecule has 1 saturated heterocycles. The van der Waals surface area contributed by atoms with Crippen molar-refractivity contribution < 1.29 is 9.53 Å². The van der Waals surface area contributed by atoms with E-state index in [9.17, 15) is 4.79 Å². The van der Waals surface area contributed by atoms with Crippen LogP contribution in [-0.2, 0) is 9.53 Å². The van der Waals surface area contributed by atoms with Crippen LogP contribution >= 0.6 is 0 Å². The predicted octanol–water partition coefficient (Wildman–Crippen LogP) is 1.42. The molecule has 0 aromatic rings. The lowest BCUT2D eigenvalue weighted by atomic mass is 10.1. The van der Waals surface area contributed by atoms with E-state index in [1.165, 1.54) is 0 Å². The van der Waals surface area contributed by atoms with Crippen LogP contribution < -0.4 is 0 Å². The van der Waals surface area contributed by atoms with Gasteiger partial charge in [-0.3, -0.25) is 4.79 Å². The molecule has 0 aliphatic carbocycles. The second-order valence-electron chi connectivity index (χ2n) is 3.62. The number of hydrogen-bond donors (Lipinski definition) is 0. The average molecular weight is 185 g/mol. The van der Waals surface area contributed by atoms with Crippen LogP contribution in [0.25, 0.3) is 0 Å². The van der Waals surface area contributed by atoms with Crippen molar-refractivity contribution in [1.29, 1.82) is 0 Å². The Bertz CT molecular complexity index is 170. The van der Waals surface area contributed by atoms with Crippen LogP contribution in [0.3, 0.4) is 0 Å². The Kier molecular flexibility index (Phi) is 3.72. The van der Waals surface area contributed by atoms with E-state index in [0.717, 1.165) is 25.9 Å². The molecule has 1 amide bonds. The molecule has 3 heteroatoms. The summed E-state index contributed by atoms with van der Waals surface area (Å²) in [4.78, 5) is 13.1. The number of carbonyl (C=O) groups is 1. The molecular weight excluding hydrogens is 166 g/mol. The monoisotopic (exact) mass is 185 g/mol. The molecule has 1 aliphatic rings. The highest BCUT2D eigenvalue weighted by Gasteiger charge is 2.26. The molecule has 0 N–H and O–H groups in total. The number of amides is 1. The number of carbonyl (C=O) groups excluding carboxylic acids is 1. The van der Waals surface area contributed by atoms with Gasteiger partial charge in [-0.2, -0.15) is 0 Å². The van der Waals surface area contributed by atoms with Crippen molar-refractivity contribution >= 4 is 5.91 Å². The van der Waals surface area contributed by atoms with E-state index in [4.69, 9.17) is 4.74 Å². The molecule has 1 aliphatic heterocycles. The quantitative estimate of drug-likeness (QED) is 0.651. The Balaban J connectivity index is 2.54. The van der Waals surface area contributed by atoms with Crippen molar-refractivity contribution in [3.05, 3.63) is 0 Å². The number of ether oxygens (including phenoxy) is 1. The van der Waals surface area contributed by atoms with E-state index in [0.29, 0.717) is 0 Å². The summed E-state index contributed by atoms with van der Waals surface area (Å²) in [6.07, 6.45) is 2.45. The fourth-order valence-corrected chi connectivity index (χ4v) is 1.63. The fraction of sp³-hybridized carbons (Fsp3) is 0.900. The van der Waals surface area contributed by atoms with Crippen molar-refractivity contribution in [1.82, 2.24) is 4.90 Å². The van der Waals surface area contributed by atoms with Gasteiger partial charge in [0.05, 0.1) is 12.2 Å². The van der Waals surface area contributed by atoms with E-state index < -0.39 is 0 Å². The van der Waals surface area contributed by atoms with Crippen molar-refractivity contribution in [3.63, 3.8) is 0 Å². The summed E-state index contributed by atoms with van der Waals surface area (Å²) < 4.78 is 5.77. The molecule has 0 aromatic heterocycles. The van der Waals surface area contributed by atoms with Crippen molar-refractivity contribution in [2.24, 2.45) is 0 Å². The third kappa shape index (κ3) is 2.69. The largest absolute Gasteiger partial charge is 0.371 e. The molecule has 0 spiro atoms. The molecule has 3 nitrogen and oxygen atoms in total. The second-order valence-corrected chi connectivity index (χ2v) is 3.62. The highest BCUT2D eigenvalue weighted by Crippen LogP contribution is 2.15. The highest BCUT2D eigenvalue weighted by molar-refractivity contribution is 5.73. The summed E-state index contributed by atoms with van der Waals surface area (Å²) >= 11 is 0. The molecule has 1 fully saturated rings. The Morgan fingerprint density at radius 1 is 1.31 bits per heavy atom. The zero-order valence-electron chi connectivity index (χ0n) is 8.75. The van der Waals surface area contributed by atoms with Gasteiger partial charge in [0.15, 0.2) is 0 Å². The summed E-state index contributed by atoms with van der Waals surface area (Å²) in [6, 6.07) is 0. The van der Waals surface area contributed by atoms with Crippen LogP contribution in [0.2, 0.25) is 0 Å². The topological polar surface area (TPSA) is 29.5 Å². The Morgan fingerprint density at radius 2 is 1.77 bits per heavy atom. The molecule has 1 rings (SSSR count). The molecule has 0 aromatic carbocycles. The molecular formula is C10H19NO2. The summed E-state index contributed by atoms with van der Waals surface area (Å²) in [5.41, 5.74) is 0. The maximum absolute atomic E-state index is 11.2. The Morgan fingerprint density at radius 3 is 2.08 bits per heavy atom. The SMILES string of the molecule is CC[C@@H]1CN(C(C)=O)C[C@@H](CC)O1. The lowest BCUT2D eigenvalue weighted by molar-refractivity contribution is -0.143. The van der Waals surface area contributed by atoms with Gasteiger partial charge in [0.2, 0.25) is 5.91 Å². The van der Waals surface area contributed by atoms with Crippen LogP contribution in [0, 0.1) is 0 Å². The van der Waals surface area contributed by atoms with E-state index in [2.05, 4.69) is 13.8 Å². The number of hydrogen-bond acceptors (Lipinski definition) is 2. The fourth-order valence-electron chi connectivity index (χ4n) is 1.63. The van der Waals surface area contributed by atoms with E-state index in [1.807, 2.05) is 4.90 Å². The van der Waals surface area contributed by atoms with Crippen LogP contribution in [-0.4, -0.2) is 36.1 Å². The molecule has 1 heterocycles. The highest BCUT2D eigenvalue weighted by atomic mass is 16.5. The first-order chi connectivity index (χ1) is 6.17. The first kappa shape index (κ1) is 10.5. The van der Waals surface area contributed by atoms with Gasteiger partial charge in [-0.1, -0.05) is 13.8 Å². The Hall–Kier alpha value is -0.570. The van der Waals surface area contributed by atoms with Gasteiger partial charge in [-0.25, -0.2) is 0 Å². The summed E-state index contributed by atoms with van der Waals surface area (Å²) in [5.74, 6) is 0.167. The minimum atomic E-state index is 0.167. The lowest BCUT2D eigenvalue weighted by Crippen LogP contribution is -2.48. The van der Waals surface area contributed by atoms with Crippen LogP contribution in [0.4, 0.5) is 0 Å². The van der Waals surface area contributed by atoms with Crippen molar-refractivity contribution in [3.8, 4) is 0 Å². The van der Waals surface area contributed by atoms with Crippen molar-refractivity contribution in [2.75, 3.05) is 13.1 Å². The number of rotatable bonds is 2. The van der Waals surface area contributed by atoms with Gasteiger partial charge < -0.3 is 9.64 Å². The smallest absolute Gasteiger partial charge is 0.219 e. The standard InChI is InChI=1S/C10H19NO2/c1-4-9-6-11(8(3)12)7-10(5-2)13-9/h9-10H,4-7H2,1-3H3/t9-,10-/m1/s1. The number of morpholine rings is 1. The summed E-state index contributed by atoms with van der Waals surface area (Å²) in [6.45, 7) is 7.36. The van der Waals surface area contributed by atoms with Gasteiger partial charge in [0.25, 0.3) is 0 Å². The normalized spacial score (nSPS) is 29.0. The minimum absolute atomic E-state index is 0.167. The van der Waals surface area contributed by atoms with Crippen LogP contribution in [0.1, 0.15) is 33.6 Å². The van der Waals surface area contributed by atoms with Gasteiger partial charge in [-0.05, 0) is 12.8 Å². The molecule has 2 atom stereocenters. The van der Waals surface area contributed by atoms with Crippen LogP contribution in [0.5, 0.6) is 0 Å². The molecule has 0 unspecified atom stereocenters. The van der Waals surface area contributed by atoms with E-state index in [1.54, 1.807) is 6.92 Å². The van der Waals surface area contributed by atoms with E-state index in [-0.39, 0.29) is 18.1 Å². The third-order valence-electron chi connectivity index (χ3n) is 2.59. The summed E-state index contributed by atoms with van der Waals surface area (Å²) in [7, 11) is 0. The van der Waals surface area contributed by atoms with Crippen LogP contribution in [0.15, 0.2) is 0 Å². The van der Waals surface area contributed by atoms with Gasteiger partial charge in [0, 0.05) is 20.0 Å². The van der Waals surface area contributed by atoms with Gasteiger partial charge >= 0.3 is 0 Å². The first-order valence-electron chi connectivity index (χ1n) is 5.08. The number of nitrogens with zero attached hydrogens (tertiary/aromatic N) is 1. The minimum Gasteiger partial charge on any atom is -0.371 e. The molecule has 0 radical (unpaired) electrons. The molecule has 0 saturated carbocycles. The third-order valence-corrected chi connectivity index (χ3v) is 2.59. The average Bonchev–Trinajstić information content (AvgIpc) is 2.16. The maximum Gasteiger partial charge on any atom is 0.219 e. The van der Waals surface area contributed by atoms with Crippen molar-refractivity contribution in [2.45, 2.75) is 45.8 Å². The maximum atomic E-state index is 11.2. The Labute approximate surface area is 80.1 Å². The lowest BCUT2D eigenvalue weighted by Gasteiger charge is -2.37. The predicted molar refractivity (Wildman–Crippen MR) is 51.5 cm³/mol. The summed E-state index contributed by atoms with van der Waals surface area (Å²) in [5, 5.41) is 0. The molecule has 0 bridgehead atoms.